The van der Waals surface area contributed by atoms with E-state index in [1.807, 2.05) is 19.2 Å². The van der Waals surface area contributed by atoms with E-state index in [1.54, 1.807) is 6.07 Å². The lowest BCUT2D eigenvalue weighted by atomic mass is 10.2. The van der Waals surface area contributed by atoms with Gasteiger partial charge in [0.15, 0.2) is 0 Å². The molecule has 1 aromatic rings. The van der Waals surface area contributed by atoms with Gasteiger partial charge >= 0.3 is 0 Å². The van der Waals surface area contributed by atoms with E-state index in [4.69, 9.17) is 0 Å². The van der Waals surface area contributed by atoms with E-state index in [1.165, 1.54) is 12.3 Å². The molecule has 64 valence electrons. The number of rotatable bonds is 3. The maximum Gasteiger partial charge on any atom is 0.212 e. The molecule has 0 fully saturated rings. The Morgan fingerprint density at radius 1 is 1.58 bits per heavy atom. The van der Waals surface area contributed by atoms with Crippen molar-refractivity contribution in [2.75, 3.05) is 13.6 Å². The molecule has 0 aromatic carbocycles. The van der Waals surface area contributed by atoms with Gasteiger partial charge in [0.2, 0.25) is 5.95 Å². The minimum atomic E-state index is -0.444. The van der Waals surface area contributed by atoms with Crippen LogP contribution in [0.3, 0.4) is 0 Å². The van der Waals surface area contributed by atoms with E-state index in [-0.39, 0.29) is 0 Å². The maximum absolute atomic E-state index is 12.3. The highest BCUT2D eigenvalue weighted by atomic mass is 19.1. The van der Waals surface area contributed by atoms with Crippen LogP contribution in [0.5, 0.6) is 0 Å². The molecule has 0 saturated carbocycles. The fraction of sp³-hybridized carbons (Fsp3) is 0.222. The van der Waals surface area contributed by atoms with Gasteiger partial charge in [-0.15, -0.1) is 0 Å². The maximum atomic E-state index is 12.3. The van der Waals surface area contributed by atoms with Gasteiger partial charge in [-0.2, -0.15) is 4.39 Å². The van der Waals surface area contributed by atoms with Gasteiger partial charge in [-0.1, -0.05) is 12.2 Å². The predicted molar refractivity (Wildman–Crippen MR) is 47.2 cm³/mol. The van der Waals surface area contributed by atoms with Crippen LogP contribution < -0.4 is 5.32 Å². The minimum absolute atomic E-state index is 0.444. The molecule has 0 saturated heterocycles. The zero-order chi connectivity index (χ0) is 8.81. The lowest BCUT2D eigenvalue weighted by Crippen LogP contribution is -2.03. The first kappa shape index (κ1) is 8.87. The van der Waals surface area contributed by atoms with Gasteiger partial charge in [0.25, 0.3) is 0 Å². The van der Waals surface area contributed by atoms with E-state index in [0.717, 1.165) is 12.1 Å². The first-order valence-corrected chi connectivity index (χ1v) is 3.75. The third-order valence-electron chi connectivity index (χ3n) is 1.38. The van der Waals surface area contributed by atoms with Gasteiger partial charge in [-0.05, 0) is 24.7 Å². The van der Waals surface area contributed by atoms with Crippen LogP contribution in [-0.4, -0.2) is 18.6 Å². The lowest BCUT2D eigenvalue weighted by Gasteiger charge is -1.91. The Hall–Kier alpha value is -1.22. The summed E-state index contributed by atoms with van der Waals surface area (Å²) in [5.41, 5.74) is 0.909. The van der Waals surface area contributed by atoms with Crippen molar-refractivity contribution < 1.29 is 4.39 Å². The molecule has 0 bridgehead atoms. The third-order valence-corrected chi connectivity index (χ3v) is 1.38. The SMILES string of the molecule is CNCC=Cc1ccc(F)nc1. The Kier molecular flexibility index (Phi) is 3.41. The molecule has 3 heteroatoms. The Morgan fingerprint density at radius 3 is 3.00 bits per heavy atom. The molecule has 0 unspecified atom stereocenters. The second-order valence-electron chi connectivity index (χ2n) is 2.37. The van der Waals surface area contributed by atoms with Crippen LogP contribution in [0.25, 0.3) is 6.08 Å². The number of nitrogens with zero attached hydrogens (tertiary/aromatic N) is 1. The second-order valence-corrected chi connectivity index (χ2v) is 2.37. The minimum Gasteiger partial charge on any atom is -0.316 e. The standard InChI is InChI=1S/C9H11FN2/c1-11-6-2-3-8-4-5-9(10)12-7-8/h2-5,7,11H,6H2,1H3. The van der Waals surface area contributed by atoms with Crippen molar-refractivity contribution in [3.63, 3.8) is 0 Å². The van der Waals surface area contributed by atoms with E-state index in [0.29, 0.717) is 0 Å². The number of aromatic nitrogens is 1. The van der Waals surface area contributed by atoms with E-state index >= 15 is 0 Å². The number of pyridine rings is 1. The summed E-state index contributed by atoms with van der Waals surface area (Å²) in [6.45, 7) is 0.803. The number of hydrogen-bond acceptors (Lipinski definition) is 2. The van der Waals surface area contributed by atoms with Gasteiger partial charge in [-0.3, -0.25) is 0 Å². The van der Waals surface area contributed by atoms with Crippen molar-refractivity contribution in [3.8, 4) is 0 Å². The van der Waals surface area contributed by atoms with Crippen molar-refractivity contribution in [2.45, 2.75) is 0 Å². The number of nitrogens with one attached hydrogen (secondary N) is 1. The second kappa shape index (κ2) is 4.62. The average Bonchev–Trinajstić information content (AvgIpc) is 2.09. The molecule has 0 aliphatic heterocycles. The zero-order valence-electron chi connectivity index (χ0n) is 6.92. The fourth-order valence-electron chi connectivity index (χ4n) is 0.799. The Morgan fingerprint density at radius 2 is 2.42 bits per heavy atom. The molecule has 1 rings (SSSR count). The summed E-state index contributed by atoms with van der Waals surface area (Å²) >= 11 is 0. The summed E-state index contributed by atoms with van der Waals surface area (Å²) in [6.07, 6.45) is 5.35. The highest BCUT2D eigenvalue weighted by Gasteiger charge is 1.88. The molecule has 0 spiro atoms. The van der Waals surface area contributed by atoms with Crippen LogP contribution >= 0.6 is 0 Å². The summed E-state index contributed by atoms with van der Waals surface area (Å²) in [5.74, 6) is -0.444. The molecule has 0 aliphatic carbocycles. The van der Waals surface area contributed by atoms with Crippen LogP contribution in [0.2, 0.25) is 0 Å². The topological polar surface area (TPSA) is 24.9 Å². The van der Waals surface area contributed by atoms with Crippen LogP contribution in [-0.2, 0) is 0 Å². The largest absolute Gasteiger partial charge is 0.316 e. The zero-order valence-corrected chi connectivity index (χ0v) is 6.92. The monoisotopic (exact) mass is 166 g/mol. The molecule has 2 nitrogen and oxygen atoms in total. The summed E-state index contributed by atoms with van der Waals surface area (Å²) in [5, 5.41) is 2.97. The smallest absolute Gasteiger partial charge is 0.212 e. The number of hydrogen-bond donors (Lipinski definition) is 1. The summed E-state index contributed by atoms with van der Waals surface area (Å²) in [6, 6.07) is 3.04. The van der Waals surface area contributed by atoms with Crippen molar-refractivity contribution in [2.24, 2.45) is 0 Å². The summed E-state index contributed by atoms with van der Waals surface area (Å²) in [7, 11) is 1.87. The normalized spacial score (nSPS) is 10.8. The van der Waals surface area contributed by atoms with Crippen LogP contribution in [0.1, 0.15) is 5.56 Å². The highest BCUT2D eigenvalue weighted by Crippen LogP contribution is 2.00. The van der Waals surface area contributed by atoms with Crippen molar-refractivity contribution in [1.29, 1.82) is 0 Å². The van der Waals surface area contributed by atoms with Crippen LogP contribution in [0.4, 0.5) is 4.39 Å². The first-order valence-electron chi connectivity index (χ1n) is 3.75. The Labute approximate surface area is 71.1 Å². The van der Waals surface area contributed by atoms with Crippen LogP contribution in [0.15, 0.2) is 24.4 Å². The summed E-state index contributed by atoms with van der Waals surface area (Å²) in [4.78, 5) is 3.52. The molecule has 1 heterocycles. The van der Waals surface area contributed by atoms with Gasteiger partial charge in [0.1, 0.15) is 0 Å². The third kappa shape index (κ3) is 2.80. The van der Waals surface area contributed by atoms with Gasteiger partial charge in [-0.25, -0.2) is 4.98 Å². The van der Waals surface area contributed by atoms with Gasteiger partial charge in [0, 0.05) is 12.7 Å². The van der Waals surface area contributed by atoms with Gasteiger partial charge < -0.3 is 5.32 Å². The molecule has 0 radical (unpaired) electrons. The molecular formula is C9H11FN2. The Balaban J connectivity index is 2.58. The number of likely N-dealkylation sites (N-methyl/N-ethyl adjacent to an activating group) is 1. The quantitative estimate of drug-likeness (QED) is 0.687. The predicted octanol–water partition coefficient (Wildman–Crippen LogP) is 1.45. The highest BCUT2D eigenvalue weighted by molar-refractivity contribution is 5.47. The number of halogens is 1. The van der Waals surface area contributed by atoms with E-state index in [9.17, 15) is 4.39 Å². The van der Waals surface area contributed by atoms with Crippen molar-refractivity contribution >= 4 is 6.08 Å². The van der Waals surface area contributed by atoms with Gasteiger partial charge in [0.05, 0.1) is 0 Å². The molecule has 1 aromatic heterocycles. The molecular weight excluding hydrogens is 155 g/mol. The molecule has 0 amide bonds. The molecule has 0 atom stereocenters. The lowest BCUT2D eigenvalue weighted by molar-refractivity contribution is 0.583. The van der Waals surface area contributed by atoms with Crippen molar-refractivity contribution in [1.82, 2.24) is 10.3 Å². The van der Waals surface area contributed by atoms with E-state index < -0.39 is 5.95 Å². The average molecular weight is 166 g/mol. The molecule has 12 heavy (non-hydrogen) atoms. The molecule has 0 aliphatic rings. The fourth-order valence-corrected chi connectivity index (χ4v) is 0.799. The first-order chi connectivity index (χ1) is 5.83. The van der Waals surface area contributed by atoms with Crippen LogP contribution in [0, 0.1) is 5.95 Å². The summed E-state index contributed by atoms with van der Waals surface area (Å²) < 4.78 is 12.3. The Bertz CT molecular complexity index is 254. The van der Waals surface area contributed by atoms with E-state index in [2.05, 4.69) is 10.3 Å². The molecule has 1 N–H and O–H groups in total. The van der Waals surface area contributed by atoms with Crippen molar-refractivity contribution in [3.05, 3.63) is 35.9 Å².